The van der Waals surface area contributed by atoms with Crippen LogP contribution in [0, 0.1) is 5.92 Å². The second-order valence-electron chi connectivity index (χ2n) is 5.47. The Balaban J connectivity index is 1.97. The van der Waals surface area contributed by atoms with Crippen molar-refractivity contribution in [3.63, 3.8) is 0 Å². The van der Waals surface area contributed by atoms with E-state index in [9.17, 15) is 9.59 Å². The molecule has 1 aromatic carbocycles. The minimum absolute atomic E-state index is 0.00431. The van der Waals surface area contributed by atoms with Gasteiger partial charge in [0.15, 0.2) is 0 Å². The minimum atomic E-state index is -0.335. The quantitative estimate of drug-likeness (QED) is 0.865. The van der Waals surface area contributed by atoms with Crippen LogP contribution in [-0.2, 0) is 14.3 Å². The van der Waals surface area contributed by atoms with Crippen LogP contribution in [-0.4, -0.2) is 50.1 Å². The van der Waals surface area contributed by atoms with Gasteiger partial charge in [0.25, 0.3) is 0 Å². The van der Waals surface area contributed by atoms with Crippen molar-refractivity contribution in [2.45, 2.75) is 19.4 Å². The molecule has 1 heterocycles. The maximum Gasteiger partial charge on any atom is 0.229 e. The highest BCUT2D eigenvalue weighted by Crippen LogP contribution is 2.23. The third kappa shape index (κ3) is 3.76. The molecule has 2 atom stereocenters. The van der Waals surface area contributed by atoms with Crippen LogP contribution in [0.15, 0.2) is 24.3 Å². The van der Waals surface area contributed by atoms with Gasteiger partial charge in [-0.1, -0.05) is 6.07 Å². The lowest BCUT2D eigenvalue weighted by Crippen LogP contribution is -2.38. The number of nitrogens with zero attached hydrogens (tertiary/aromatic N) is 1. The first-order valence-corrected chi connectivity index (χ1v) is 7.28. The number of hydrogen-bond donors (Lipinski definition) is 1. The van der Waals surface area contributed by atoms with E-state index >= 15 is 0 Å². The summed E-state index contributed by atoms with van der Waals surface area (Å²) < 4.78 is 10.2. The molecule has 2 amide bonds. The van der Waals surface area contributed by atoms with E-state index in [0.29, 0.717) is 24.6 Å². The number of anilines is 1. The van der Waals surface area contributed by atoms with E-state index in [4.69, 9.17) is 9.47 Å². The second kappa shape index (κ2) is 7.26. The van der Waals surface area contributed by atoms with Gasteiger partial charge >= 0.3 is 0 Å². The summed E-state index contributed by atoms with van der Waals surface area (Å²) in [7, 11) is 3.18. The Morgan fingerprint density at radius 3 is 2.91 bits per heavy atom. The van der Waals surface area contributed by atoms with E-state index in [1.165, 1.54) is 0 Å². The monoisotopic (exact) mass is 306 g/mol. The Hall–Kier alpha value is -2.08. The molecule has 120 valence electrons. The number of benzene rings is 1. The summed E-state index contributed by atoms with van der Waals surface area (Å²) in [6.45, 7) is 2.82. The lowest BCUT2D eigenvalue weighted by atomic mass is 10.1. The first-order chi connectivity index (χ1) is 10.5. The zero-order valence-corrected chi connectivity index (χ0v) is 13.2. The number of amides is 2. The lowest BCUT2D eigenvalue weighted by Gasteiger charge is -2.23. The van der Waals surface area contributed by atoms with Crippen LogP contribution in [0.2, 0.25) is 0 Å². The number of ether oxygens (including phenoxy) is 2. The Morgan fingerprint density at radius 2 is 2.23 bits per heavy atom. The SMILES string of the molecule is COC[C@H](C)N1C[C@H](C(=O)Nc2cccc(OC)c2)CC1=O. The van der Waals surface area contributed by atoms with Gasteiger partial charge in [-0.25, -0.2) is 0 Å². The van der Waals surface area contributed by atoms with Crippen LogP contribution in [0.4, 0.5) is 5.69 Å². The molecule has 0 saturated carbocycles. The highest BCUT2D eigenvalue weighted by Gasteiger charge is 2.36. The zero-order chi connectivity index (χ0) is 16.1. The first-order valence-electron chi connectivity index (χ1n) is 7.28. The van der Waals surface area contributed by atoms with Crippen LogP contribution in [0.3, 0.4) is 0 Å². The maximum atomic E-state index is 12.3. The molecule has 0 unspecified atom stereocenters. The van der Waals surface area contributed by atoms with E-state index in [2.05, 4.69) is 5.32 Å². The zero-order valence-electron chi connectivity index (χ0n) is 13.2. The molecule has 6 heteroatoms. The predicted molar refractivity (Wildman–Crippen MR) is 82.8 cm³/mol. The highest BCUT2D eigenvalue weighted by molar-refractivity contribution is 5.97. The summed E-state index contributed by atoms with van der Waals surface area (Å²) in [5.74, 6) is 0.192. The van der Waals surface area contributed by atoms with Gasteiger partial charge < -0.3 is 19.7 Å². The van der Waals surface area contributed by atoms with Gasteiger partial charge in [-0.05, 0) is 19.1 Å². The van der Waals surface area contributed by atoms with Crippen LogP contribution >= 0.6 is 0 Å². The number of rotatable bonds is 6. The number of hydrogen-bond acceptors (Lipinski definition) is 4. The topological polar surface area (TPSA) is 67.9 Å². The van der Waals surface area contributed by atoms with Gasteiger partial charge in [0.1, 0.15) is 5.75 Å². The molecular formula is C16H22N2O4. The Labute approximate surface area is 130 Å². The molecule has 1 saturated heterocycles. The lowest BCUT2D eigenvalue weighted by molar-refractivity contribution is -0.130. The second-order valence-corrected chi connectivity index (χ2v) is 5.47. The molecule has 1 aliphatic heterocycles. The van der Waals surface area contributed by atoms with Crippen molar-refractivity contribution in [2.24, 2.45) is 5.92 Å². The molecule has 2 rings (SSSR count). The third-order valence-corrected chi connectivity index (χ3v) is 3.81. The molecule has 1 fully saturated rings. The van der Waals surface area contributed by atoms with E-state index in [1.54, 1.807) is 37.3 Å². The fourth-order valence-electron chi connectivity index (χ4n) is 2.61. The molecule has 0 spiro atoms. The van der Waals surface area contributed by atoms with Gasteiger partial charge in [-0.15, -0.1) is 0 Å². The summed E-state index contributed by atoms with van der Waals surface area (Å²) in [5, 5.41) is 2.84. The number of methoxy groups -OCH3 is 2. The Morgan fingerprint density at radius 1 is 1.45 bits per heavy atom. The molecule has 1 aliphatic rings. The Kier molecular flexibility index (Phi) is 5.38. The van der Waals surface area contributed by atoms with Gasteiger partial charge in [-0.3, -0.25) is 9.59 Å². The van der Waals surface area contributed by atoms with Crippen LogP contribution in [0.5, 0.6) is 5.75 Å². The van der Waals surface area contributed by atoms with Crippen molar-refractivity contribution in [3.8, 4) is 5.75 Å². The van der Waals surface area contributed by atoms with E-state index < -0.39 is 0 Å². The van der Waals surface area contributed by atoms with E-state index in [0.717, 1.165) is 0 Å². The molecule has 0 radical (unpaired) electrons. The van der Waals surface area contributed by atoms with Crippen LogP contribution in [0.1, 0.15) is 13.3 Å². The van der Waals surface area contributed by atoms with Crippen molar-refractivity contribution in [3.05, 3.63) is 24.3 Å². The molecule has 0 aliphatic carbocycles. The van der Waals surface area contributed by atoms with Gasteiger partial charge in [-0.2, -0.15) is 0 Å². The van der Waals surface area contributed by atoms with E-state index in [1.807, 2.05) is 13.0 Å². The average molecular weight is 306 g/mol. The summed E-state index contributed by atoms with van der Waals surface area (Å²) in [4.78, 5) is 26.1. The van der Waals surface area contributed by atoms with Gasteiger partial charge in [0.05, 0.1) is 25.7 Å². The Bertz CT molecular complexity index is 547. The predicted octanol–water partition coefficient (Wildman–Crippen LogP) is 1.52. The fourth-order valence-corrected chi connectivity index (χ4v) is 2.61. The summed E-state index contributed by atoms with van der Waals surface area (Å²) in [6, 6.07) is 7.14. The van der Waals surface area contributed by atoms with Crippen molar-refractivity contribution in [1.82, 2.24) is 4.90 Å². The maximum absolute atomic E-state index is 12.3. The number of carbonyl (C=O) groups excluding carboxylic acids is 2. The standard InChI is InChI=1S/C16H22N2O4/c1-11(10-21-2)18-9-12(7-15(18)19)16(20)17-13-5-4-6-14(8-13)22-3/h4-6,8,11-12H,7,9-10H2,1-3H3,(H,17,20)/t11-,12+/m0/s1. The summed E-state index contributed by atoms with van der Waals surface area (Å²) >= 11 is 0. The molecule has 1 aromatic rings. The van der Waals surface area contributed by atoms with Crippen molar-refractivity contribution in [2.75, 3.05) is 32.7 Å². The molecule has 0 aromatic heterocycles. The smallest absolute Gasteiger partial charge is 0.229 e. The minimum Gasteiger partial charge on any atom is -0.497 e. The van der Waals surface area contributed by atoms with E-state index in [-0.39, 0.29) is 30.2 Å². The van der Waals surface area contributed by atoms with Gasteiger partial charge in [0.2, 0.25) is 11.8 Å². The number of nitrogens with one attached hydrogen (secondary N) is 1. The van der Waals surface area contributed by atoms with Crippen molar-refractivity contribution >= 4 is 17.5 Å². The highest BCUT2D eigenvalue weighted by atomic mass is 16.5. The summed E-state index contributed by atoms with van der Waals surface area (Å²) in [5.41, 5.74) is 0.667. The average Bonchev–Trinajstić information content (AvgIpc) is 2.90. The van der Waals surface area contributed by atoms with Crippen molar-refractivity contribution in [1.29, 1.82) is 0 Å². The first kappa shape index (κ1) is 16.3. The van der Waals surface area contributed by atoms with Crippen LogP contribution < -0.4 is 10.1 Å². The molecular weight excluding hydrogens is 284 g/mol. The van der Waals surface area contributed by atoms with Crippen LogP contribution in [0.25, 0.3) is 0 Å². The van der Waals surface area contributed by atoms with Crippen molar-refractivity contribution < 1.29 is 19.1 Å². The summed E-state index contributed by atoms with van der Waals surface area (Å²) in [6.07, 6.45) is 0.240. The molecule has 1 N–H and O–H groups in total. The number of carbonyl (C=O) groups is 2. The van der Waals surface area contributed by atoms with Gasteiger partial charge in [0, 0.05) is 31.8 Å². The largest absolute Gasteiger partial charge is 0.497 e. The molecule has 0 bridgehead atoms. The molecule has 6 nitrogen and oxygen atoms in total. The third-order valence-electron chi connectivity index (χ3n) is 3.81. The fraction of sp³-hybridized carbons (Fsp3) is 0.500. The number of likely N-dealkylation sites (tertiary alicyclic amines) is 1. The normalized spacial score (nSPS) is 19.1. The molecule has 22 heavy (non-hydrogen) atoms.